The highest BCUT2D eigenvalue weighted by atomic mass is 16.5. The highest BCUT2D eigenvalue weighted by molar-refractivity contribution is 5.17. The molecule has 5 nitrogen and oxygen atoms in total. The highest BCUT2D eigenvalue weighted by Crippen LogP contribution is 2.15. The van der Waals surface area contributed by atoms with Crippen molar-refractivity contribution >= 4 is 0 Å². The van der Waals surface area contributed by atoms with Gasteiger partial charge in [0.25, 0.3) is 0 Å². The van der Waals surface area contributed by atoms with Crippen LogP contribution in [0, 0.1) is 0 Å². The van der Waals surface area contributed by atoms with Gasteiger partial charge in [-0.25, -0.2) is 0 Å². The van der Waals surface area contributed by atoms with E-state index in [1.54, 1.807) is 6.07 Å². The van der Waals surface area contributed by atoms with E-state index in [0.717, 1.165) is 38.5 Å². The molecule has 1 fully saturated rings. The van der Waals surface area contributed by atoms with E-state index in [1.807, 2.05) is 6.07 Å². The van der Waals surface area contributed by atoms with Crippen LogP contribution in [-0.2, 0) is 11.3 Å². The second-order valence-electron chi connectivity index (χ2n) is 5.52. The van der Waals surface area contributed by atoms with Gasteiger partial charge in [-0.3, -0.25) is 9.88 Å². The van der Waals surface area contributed by atoms with Gasteiger partial charge < -0.3 is 15.2 Å². The van der Waals surface area contributed by atoms with E-state index >= 15 is 0 Å². The van der Waals surface area contributed by atoms with Crippen LogP contribution in [0.3, 0.4) is 0 Å². The first-order valence-electron chi connectivity index (χ1n) is 6.75. The zero-order chi connectivity index (χ0) is 13.7. The van der Waals surface area contributed by atoms with Crippen LogP contribution in [0.2, 0.25) is 0 Å². The lowest BCUT2D eigenvalue weighted by Crippen LogP contribution is -2.54. The van der Waals surface area contributed by atoms with Crippen LogP contribution in [0.25, 0.3) is 0 Å². The largest absolute Gasteiger partial charge is 0.506 e. The van der Waals surface area contributed by atoms with Crippen molar-refractivity contribution in [2.45, 2.75) is 25.9 Å². The zero-order valence-electron chi connectivity index (χ0n) is 11.7. The molecule has 0 atom stereocenters. The van der Waals surface area contributed by atoms with Crippen LogP contribution in [-0.4, -0.2) is 53.4 Å². The smallest absolute Gasteiger partial charge is 0.133 e. The van der Waals surface area contributed by atoms with E-state index in [0.29, 0.717) is 6.54 Å². The van der Waals surface area contributed by atoms with Crippen LogP contribution in [0.15, 0.2) is 18.3 Å². The Kier molecular flexibility index (Phi) is 4.74. The molecule has 0 unspecified atom stereocenters. The predicted octanol–water partition coefficient (Wildman–Crippen LogP) is 0.988. The summed E-state index contributed by atoms with van der Waals surface area (Å²) in [5, 5.41) is 12.6. The fraction of sp³-hybridized carbons (Fsp3) is 0.643. The van der Waals surface area contributed by atoms with Gasteiger partial charge in [0.1, 0.15) is 5.75 Å². The van der Waals surface area contributed by atoms with E-state index in [2.05, 4.69) is 29.0 Å². The standard InChI is InChI=1S/C14H23N3O2/c1-14(2,17-5-7-19-8-6-17)11-15-9-12-3-4-13(18)10-16-12/h3-4,10,15,18H,5-9,11H2,1-2H3. The number of aromatic hydroxyl groups is 1. The van der Waals surface area contributed by atoms with E-state index in [1.165, 1.54) is 6.20 Å². The molecule has 0 radical (unpaired) electrons. The van der Waals surface area contributed by atoms with E-state index in [-0.39, 0.29) is 11.3 Å². The lowest BCUT2D eigenvalue weighted by Gasteiger charge is -2.41. The molecule has 1 aliphatic heterocycles. The summed E-state index contributed by atoms with van der Waals surface area (Å²) in [6.45, 7) is 9.74. The second-order valence-corrected chi connectivity index (χ2v) is 5.52. The minimum absolute atomic E-state index is 0.112. The summed E-state index contributed by atoms with van der Waals surface area (Å²) < 4.78 is 5.38. The summed E-state index contributed by atoms with van der Waals surface area (Å²) in [5.41, 5.74) is 1.05. The Morgan fingerprint density at radius 3 is 2.74 bits per heavy atom. The average Bonchev–Trinajstić information content (AvgIpc) is 2.42. The first kappa shape index (κ1) is 14.2. The number of pyridine rings is 1. The monoisotopic (exact) mass is 265 g/mol. The van der Waals surface area contributed by atoms with Gasteiger partial charge in [0.15, 0.2) is 0 Å². The van der Waals surface area contributed by atoms with Gasteiger partial charge in [-0.05, 0) is 26.0 Å². The van der Waals surface area contributed by atoms with Crippen molar-refractivity contribution in [3.05, 3.63) is 24.0 Å². The molecule has 19 heavy (non-hydrogen) atoms. The number of nitrogens with one attached hydrogen (secondary N) is 1. The Labute approximate surface area is 114 Å². The SMILES string of the molecule is CC(C)(CNCc1ccc(O)cn1)N1CCOCC1. The minimum atomic E-state index is 0.112. The van der Waals surface area contributed by atoms with Gasteiger partial charge in [0, 0.05) is 31.7 Å². The number of hydrogen-bond donors (Lipinski definition) is 2. The number of ether oxygens (including phenoxy) is 1. The van der Waals surface area contributed by atoms with Crippen molar-refractivity contribution in [1.82, 2.24) is 15.2 Å². The molecule has 1 aromatic rings. The molecule has 0 bridgehead atoms. The molecule has 106 valence electrons. The van der Waals surface area contributed by atoms with Crippen LogP contribution in [0.1, 0.15) is 19.5 Å². The number of rotatable bonds is 5. The van der Waals surface area contributed by atoms with Crippen LogP contribution < -0.4 is 5.32 Å². The van der Waals surface area contributed by atoms with E-state index in [9.17, 15) is 5.11 Å². The van der Waals surface area contributed by atoms with Crippen LogP contribution >= 0.6 is 0 Å². The Hall–Kier alpha value is -1.17. The third-order valence-corrected chi connectivity index (χ3v) is 3.54. The lowest BCUT2D eigenvalue weighted by atomic mass is 10.0. The maximum absolute atomic E-state index is 9.18. The molecule has 0 saturated carbocycles. The maximum atomic E-state index is 9.18. The molecule has 2 N–H and O–H groups in total. The summed E-state index contributed by atoms with van der Waals surface area (Å²) >= 11 is 0. The summed E-state index contributed by atoms with van der Waals surface area (Å²) in [6, 6.07) is 3.50. The molecule has 5 heteroatoms. The summed E-state index contributed by atoms with van der Waals surface area (Å²) in [6.07, 6.45) is 1.48. The Bertz CT molecular complexity index is 386. The fourth-order valence-electron chi connectivity index (χ4n) is 2.30. The fourth-order valence-corrected chi connectivity index (χ4v) is 2.30. The van der Waals surface area contributed by atoms with Gasteiger partial charge in [0.2, 0.25) is 0 Å². The molecule has 0 aromatic carbocycles. The van der Waals surface area contributed by atoms with Gasteiger partial charge in [-0.2, -0.15) is 0 Å². The summed E-state index contributed by atoms with van der Waals surface area (Å²) in [7, 11) is 0. The molecule has 1 aromatic heterocycles. The van der Waals surface area contributed by atoms with Crippen LogP contribution in [0.5, 0.6) is 5.75 Å². The van der Waals surface area contributed by atoms with Gasteiger partial charge in [0.05, 0.1) is 25.1 Å². The third-order valence-electron chi connectivity index (χ3n) is 3.54. The zero-order valence-corrected chi connectivity index (χ0v) is 11.7. The van der Waals surface area contributed by atoms with Crippen molar-refractivity contribution in [2.24, 2.45) is 0 Å². The van der Waals surface area contributed by atoms with E-state index < -0.39 is 0 Å². The predicted molar refractivity (Wildman–Crippen MR) is 74.1 cm³/mol. The molecular weight excluding hydrogens is 242 g/mol. The van der Waals surface area contributed by atoms with E-state index in [4.69, 9.17) is 4.74 Å². The summed E-state index contributed by atoms with van der Waals surface area (Å²) in [4.78, 5) is 6.62. The lowest BCUT2D eigenvalue weighted by molar-refractivity contribution is -0.00968. The molecule has 0 amide bonds. The molecule has 1 aliphatic rings. The minimum Gasteiger partial charge on any atom is -0.506 e. The van der Waals surface area contributed by atoms with Crippen LogP contribution in [0.4, 0.5) is 0 Å². The van der Waals surface area contributed by atoms with Crippen molar-refractivity contribution in [1.29, 1.82) is 0 Å². The molecule has 2 rings (SSSR count). The van der Waals surface area contributed by atoms with Gasteiger partial charge >= 0.3 is 0 Å². The topological polar surface area (TPSA) is 57.6 Å². The van der Waals surface area contributed by atoms with Gasteiger partial charge in [-0.1, -0.05) is 0 Å². The van der Waals surface area contributed by atoms with Crippen molar-refractivity contribution in [3.8, 4) is 5.75 Å². The van der Waals surface area contributed by atoms with Crippen molar-refractivity contribution < 1.29 is 9.84 Å². The summed E-state index contributed by atoms with van der Waals surface area (Å²) in [5.74, 6) is 0.206. The maximum Gasteiger partial charge on any atom is 0.133 e. The Morgan fingerprint density at radius 1 is 1.37 bits per heavy atom. The first-order chi connectivity index (χ1) is 9.08. The Morgan fingerprint density at radius 2 is 2.11 bits per heavy atom. The highest BCUT2D eigenvalue weighted by Gasteiger charge is 2.27. The third kappa shape index (κ3) is 4.16. The average molecular weight is 265 g/mol. The number of morpholine rings is 1. The molecular formula is C14H23N3O2. The molecule has 2 heterocycles. The van der Waals surface area contributed by atoms with Crippen molar-refractivity contribution in [3.63, 3.8) is 0 Å². The Balaban J connectivity index is 1.78. The normalized spacial score (nSPS) is 17.6. The second kappa shape index (κ2) is 6.32. The quantitative estimate of drug-likeness (QED) is 0.831. The first-order valence-corrected chi connectivity index (χ1v) is 6.75. The molecule has 0 aliphatic carbocycles. The number of aromatic nitrogens is 1. The van der Waals surface area contributed by atoms with Gasteiger partial charge in [-0.15, -0.1) is 0 Å². The number of hydrogen-bond acceptors (Lipinski definition) is 5. The van der Waals surface area contributed by atoms with Crippen molar-refractivity contribution in [2.75, 3.05) is 32.8 Å². The number of nitrogens with zero attached hydrogens (tertiary/aromatic N) is 2. The molecule has 1 saturated heterocycles. The molecule has 0 spiro atoms.